The Morgan fingerprint density at radius 2 is 2.12 bits per heavy atom. The summed E-state index contributed by atoms with van der Waals surface area (Å²) in [4.78, 5) is 27.3. The average Bonchev–Trinajstić information content (AvgIpc) is 2.63. The Bertz CT molecular complexity index is 367. The second-order valence-corrected chi connectivity index (χ2v) is 5.06. The lowest BCUT2D eigenvalue weighted by molar-refractivity contribution is -0.119. The van der Waals surface area contributed by atoms with Crippen molar-refractivity contribution >= 4 is 18.1 Å². The van der Waals surface area contributed by atoms with E-state index in [0.717, 1.165) is 6.21 Å². The van der Waals surface area contributed by atoms with Crippen molar-refractivity contribution in [3.8, 4) is 0 Å². The predicted octanol–water partition coefficient (Wildman–Crippen LogP) is 1.11. The van der Waals surface area contributed by atoms with Gasteiger partial charge in [-0.2, -0.15) is 4.79 Å². The summed E-state index contributed by atoms with van der Waals surface area (Å²) < 4.78 is 5.20. The van der Waals surface area contributed by atoms with Gasteiger partial charge in [-0.15, -0.1) is 0 Å². The number of Topliss-reactive ketones (excluding diaryl/α,β-unsaturated/α-hetero) is 1. The van der Waals surface area contributed by atoms with Crippen molar-refractivity contribution in [2.45, 2.75) is 32.8 Å². The van der Waals surface area contributed by atoms with E-state index < -0.39 is 11.7 Å². The second kappa shape index (κ2) is 5.10. The molecule has 94 valence electrons. The average molecular weight is 239 g/mol. The first kappa shape index (κ1) is 13.4. The van der Waals surface area contributed by atoms with E-state index in [4.69, 9.17) is 10.3 Å². The largest absolute Gasteiger partial charge is 0.444 e. The summed E-state index contributed by atoms with van der Waals surface area (Å²) in [5, 5.41) is 0. The molecule has 1 rings (SSSR count). The molecule has 1 fully saturated rings. The normalized spacial score (nSPS) is 19.7. The van der Waals surface area contributed by atoms with Crippen molar-refractivity contribution < 1.29 is 19.1 Å². The number of likely N-dealkylation sites (tertiary alicyclic amines) is 1. The minimum atomic E-state index is -0.536. The lowest BCUT2D eigenvalue weighted by Crippen LogP contribution is -2.36. The van der Waals surface area contributed by atoms with Crippen LogP contribution in [0.4, 0.5) is 4.79 Å². The maximum Gasteiger partial charge on any atom is 0.410 e. The molecule has 1 aliphatic heterocycles. The van der Waals surface area contributed by atoms with Gasteiger partial charge in [-0.3, -0.25) is 4.79 Å². The lowest BCUT2D eigenvalue weighted by Gasteiger charge is -2.24. The summed E-state index contributed by atoms with van der Waals surface area (Å²) in [6, 6.07) is 0. The molecule has 0 aliphatic carbocycles. The van der Waals surface area contributed by atoms with Crippen molar-refractivity contribution in [3.05, 3.63) is 5.53 Å². The number of ketones is 1. The molecule has 0 radical (unpaired) electrons. The third-order valence-corrected chi connectivity index (χ3v) is 2.43. The summed E-state index contributed by atoms with van der Waals surface area (Å²) >= 11 is 0. The molecule has 17 heavy (non-hydrogen) atoms. The molecule has 0 aromatic rings. The highest BCUT2D eigenvalue weighted by Gasteiger charge is 2.33. The Morgan fingerprint density at radius 3 is 2.65 bits per heavy atom. The molecule has 6 heteroatoms. The SMILES string of the molecule is CC(C)(C)OC(=O)N1CC[C@@H](C(=O)C=[N+]=[N-])C1. The van der Waals surface area contributed by atoms with Gasteiger partial charge in [0.1, 0.15) is 5.60 Å². The fraction of sp³-hybridized carbons (Fsp3) is 0.727. The van der Waals surface area contributed by atoms with Gasteiger partial charge in [-0.05, 0) is 27.2 Å². The Balaban J connectivity index is 2.53. The van der Waals surface area contributed by atoms with Crippen LogP contribution in [0.1, 0.15) is 27.2 Å². The summed E-state index contributed by atoms with van der Waals surface area (Å²) in [7, 11) is 0. The maximum atomic E-state index is 11.7. The van der Waals surface area contributed by atoms with Gasteiger partial charge in [-0.1, -0.05) is 0 Å². The molecule has 1 atom stereocenters. The van der Waals surface area contributed by atoms with Crippen LogP contribution in [0.15, 0.2) is 0 Å². The monoisotopic (exact) mass is 239 g/mol. The van der Waals surface area contributed by atoms with Crippen LogP contribution in [0.5, 0.6) is 0 Å². The van der Waals surface area contributed by atoms with E-state index >= 15 is 0 Å². The van der Waals surface area contributed by atoms with Crippen molar-refractivity contribution in [1.29, 1.82) is 0 Å². The highest BCUT2D eigenvalue weighted by atomic mass is 16.6. The molecule has 1 amide bonds. The molecule has 1 saturated heterocycles. The molecule has 0 aromatic carbocycles. The molecule has 0 saturated carbocycles. The smallest absolute Gasteiger partial charge is 0.410 e. The topological polar surface area (TPSA) is 83.0 Å². The Labute approximate surface area is 100 Å². The van der Waals surface area contributed by atoms with Crippen LogP contribution in [0, 0.1) is 5.92 Å². The minimum absolute atomic E-state index is 0.265. The van der Waals surface area contributed by atoms with Crippen LogP contribution >= 0.6 is 0 Å². The van der Waals surface area contributed by atoms with Gasteiger partial charge in [0.15, 0.2) is 0 Å². The van der Waals surface area contributed by atoms with Crippen LogP contribution in [0.2, 0.25) is 0 Å². The molecule has 0 bridgehead atoms. The third-order valence-electron chi connectivity index (χ3n) is 2.43. The Morgan fingerprint density at radius 1 is 1.47 bits per heavy atom. The first-order valence-corrected chi connectivity index (χ1v) is 5.52. The number of carbonyl (C=O) groups is 2. The number of ether oxygens (including phenoxy) is 1. The van der Waals surface area contributed by atoms with Crippen LogP contribution in [-0.2, 0) is 9.53 Å². The van der Waals surface area contributed by atoms with E-state index in [1.165, 1.54) is 4.90 Å². The highest BCUT2D eigenvalue weighted by Crippen LogP contribution is 2.19. The maximum absolute atomic E-state index is 11.7. The van der Waals surface area contributed by atoms with Crippen LogP contribution < -0.4 is 0 Å². The van der Waals surface area contributed by atoms with Gasteiger partial charge in [-0.25, -0.2) is 4.79 Å². The van der Waals surface area contributed by atoms with E-state index in [1.807, 2.05) is 0 Å². The number of nitrogens with zero attached hydrogens (tertiary/aromatic N) is 3. The molecule has 0 unspecified atom stereocenters. The molecule has 0 N–H and O–H groups in total. The highest BCUT2D eigenvalue weighted by molar-refractivity contribution is 6.26. The molecule has 0 aromatic heterocycles. The van der Waals surface area contributed by atoms with E-state index in [0.29, 0.717) is 19.5 Å². The fourth-order valence-electron chi connectivity index (χ4n) is 1.65. The van der Waals surface area contributed by atoms with Gasteiger partial charge in [0, 0.05) is 19.0 Å². The van der Waals surface area contributed by atoms with E-state index in [9.17, 15) is 9.59 Å². The van der Waals surface area contributed by atoms with E-state index in [2.05, 4.69) is 4.79 Å². The number of carbonyl (C=O) groups excluding carboxylic acids is 2. The molecule has 1 aliphatic rings. The second-order valence-electron chi connectivity index (χ2n) is 5.06. The van der Waals surface area contributed by atoms with Gasteiger partial charge < -0.3 is 15.2 Å². The van der Waals surface area contributed by atoms with Crippen LogP contribution in [0.3, 0.4) is 0 Å². The molecule has 6 nitrogen and oxygen atoms in total. The van der Waals surface area contributed by atoms with Crippen molar-refractivity contribution in [3.63, 3.8) is 0 Å². The summed E-state index contributed by atoms with van der Waals surface area (Å²) in [5.74, 6) is -0.558. The van der Waals surface area contributed by atoms with Gasteiger partial charge in [0.05, 0.1) is 0 Å². The van der Waals surface area contributed by atoms with Crippen molar-refractivity contribution in [2.24, 2.45) is 5.92 Å². The zero-order valence-electron chi connectivity index (χ0n) is 10.3. The van der Waals surface area contributed by atoms with Crippen LogP contribution in [0.25, 0.3) is 5.53 Å². The number of rotatable bonds is 2. The zero-order valence-corrected chi connectivity index (χ0v) is 10.3. The van der Waals surface area contributed by atoms with Gasteiger partial charge in [0.25, 0.3) is 0 Å². The molecular weight excluding hydrogens is 222 g/mol. The lowest BCUT2D eigenvalue weighted by atomic mass is 10.1. The standard InChI is InChI=1S/C11H17N3O3/c1-11(2,3)17-10(16)14-5-4-8(7-14)9(15)6-13-12/h6,8H,4-5,7H2,1-3H3/t8-/m1/s1. The molecule has 1 heterocycles. The first-order chi connectivity index (χ1) is 7.83. The minimum Gasteiger partial charge on any atom is -0.444 e. The number of hydrogen-bond acceptors (Lipinski definition) is 3. The summed E-state index contributed by atoms with van der Waals surface area (Å²) in [6.45, 7) is 6.19. The van der Waals surface area contributed by atoms with Gasteiger partial charge >= 0.3 is 12.3 Å². The van der Waals surface area contributed by atoms with Crippen molar-refractivity contribution in [2.75, 3.05) is 13.1 Å². The van der Waals surface area contributed by atoms with Crippen molar-refractivity contribution in [1.82, 2.24) is 4.90 Å². The first-order valence-electron chi connectivity index (χ1n) is 5.52. The number of amides is 1. The quantitative estimate of drug-likeness (QED) is 0.411. The third kappa shape index (κ3) is 4.00. The summed E-state index contributed by atoms with van der Waals surface area (Å²) in [6.07, 6.45) is 1.04. The van der Waals surface area contributed by atoms with E-state index in [1.54, 1.807) is 20.8 Å². The zero-order chi connectivity index (χ0) is 13.1. The Kier molecular flexibility index (Phi) is 4.02. The summed E-state index contributed by atoms with van der Waals surface area (Å²) in [5.41, 5.74) is 7.73. The van der Waals surface area contributed by atoms with Gasteiger partial charge in [0.2, 0.25) is 5.78 Å². The van der Waals surface area contributed by atoms with Crippen LogP contribution in [-0.4, -0.2) is 46.5 Å². The van der Waals surface area contributed by atoms with E-state index in [-0.39, 0.29) is 11.7 Å². The fourth-order valence-corrected chi connectivity index (χ4v) is 1.65. The molecule has 0 spiro atoms. The Hall–Kier alpha value is -1.68. The number of hydrogen-bond donors (Lipinski definition) is 0. The molecular formula is C11H17N3O3. The predicted molar refractivity (Wildman–Crippen MR) is 60.6 cm³/mol.